The zero-order chi connectivity index (χ0) is 11.6. The smallest absolute Gasteiger partial charge is 0.776 e. The molecule has 0 amide bonds. The molecule has 0 radical (unpaired) electrons. The van der Waals surface area contributed by atoms with Crippen LogP contribution in [-0.2, 0) is 9.13 Å². The summed E-state index contributed by atoms with van der Waals surface area (Å²) in [5.41, 5.74) is 4.96. The van der Waals surface area contributed by atoms with E-state index in [1.165, 1.54) is 0 Å². The molecule has 5 N–H and O–H groups in total. The van der Waals surface area contributed by atoms with Gasteiger partial charge in [0.2, 0.25) is 0 Å². The molecular formula is C4H11CaNO7P2. The van der Waals surface area contributed by atoms with Crippen LogP contribution in [-0.4, -0.2) is 64.3 Å². The largest absolute Gasteiger partial charge is 2.00 e. The summed E-state index contributed by atoms with van der Waals surface area (Å²) < 4.78 is 21.1. The monoisotopic (exact) mass is 287 g/mol. The minimum Gasteiger partial charge on any atom is -0.776 e. The van der Waals surface area contributed by atoms with E-state index in [0.717, 1.165) is 0 Å². The number of aliphatic hydroxyl groups is 1. The predicted octanol–water partition coefficient (Wildman–Crippen LogP) is -2.92. The molecule has 11 heteroatoms. The first kappa shape index (κ1) is 18.8. The van der Waals surface area contributed by atoms with Gasteiger partial charge in [-0.3, -0.25) is 0 Å². The number of rotatable bonds is 5. The van der Waals surface area contributed by atoms with Crippen molar-refractivity contribution in [1.29, 1.82) is 0 Å². The third kappa shape index (κ3) is 4.69. The summed E-state index contributed by atoms with van der Waals surface area (Å²) in [5, 5.41) is 5.57. The number of hydrogen-bond donors (Lipinski definition) is 4. The van der Waals surface area contributed by atoms with Crippen molar-refractivity contribution in [3.63, 3.8) is 0 Å². The minimum absolute atomic E-state index is 0. The topological polar surface area (TPSA) is 167 Å². The fourth-order valence-electron chi connectivity index (χ4n) is 0.782. The van der Waals surface area contributed by atoms with Gasteiger partial charge in [0.1, 0.15) is 0 Å². The van der Waals surface area contributed by atoms with Gasteiger partial charge in [-0.25, -0.2) is 0 Å². The van der Waals surface area contributed by atoms with Crippen LogP contribution in [0.25, 0.3) is 0 Å². The first-order valence-electron chi connectivity index (χ1n) is 3.56. The molecule has 0 rings (SSSR count). The normalized spacial score (nSPS) is 23.1. The molecule has 8 nitrogen and oxygen atoms in total. The molecule has 0 heterocycles. The fourth-order valence-corrected chi connectivity index (χ4v) is 2.94. The van der Waals surface area contributed by atoms with Gasteiger partial charge < -0.3 is 39.5 Å². The van der Waals surface area contributed by atoms with Crippen LogP contribution in [0.2, 0.25) is 0 Å². The van der Waals surface area contributed by atoms with Crippen molar-refractivity contribution < 1.29 is 33.8 Å². The Morgan fingerprint density at radius 3 is 1.73 bits per heavy atom. The summed E-state index contributed by atoms with van der Waals surface area (Å²) in [6, 6.07) is 0. The summed E-state index contributed by atoms with van der Waals surface area (Å²) in [6.45, 7) is -0.0949. The maximum absolute atomic E-state index is 10.6. The van der Waals surface area contributed by atoms with Crippen molar-refractivity contribution in [2.45, 2.75) is 17.9 Å². The summed E-state index contributed by atoms with van der Waals surface area (Å²) in [6.07, 6.45) is -1.06. The van der Waals surface area contributed by atoms with E-state index in [1.54, 1.807) is 0 Å². The standard InChI is InChI=1S/C4H13NO7P2.Ca/c5-3-1-2-4(6,13(7,8)9)14(10,11)12;/h6H,1-3,5H2,(H2,7,8,9)(H2,10,11,12);/q;+2/p-2. The van der Waals surface area contributed by atoms with Crippen LogP contribution in [0.15, 0.2) is 0 Å². The molecule has 2 unspecified atom stereocenters. The first-order valence-corrected chi connectivity index (χ1v) is 6.72. The van der Waals surface area contributed by atoms with Crippen molar-refractivity contribution in [2.75, 3.05) is 6.54 Å². The van der Waals surface area contributed by atoms with Gasteiger partial charge in [-0.2, -0.15) is 0 Å². The van der Waals surface area contributed by atoms with Crippen molar-refractivity contribution in [2.24, 2.45) is 5.73 Å². The van der Waals surface area contributed by atoms with Gasteiger partial charge in [-0.05, 0) is 19.4 Å². The van der Waals surface area contributed by atoms with Crippen LogP contribution < -0.4 is 15.5 Å². The first-order chi connectivity index (χ1) is 6.06. The molecule has 0 saturated carbocycles. The summed E-state index contributed by atoms with van der Waals surface area (Å²) >= 11 is 0. The number of nitrogens with two attached hydrogens (primary N) is 1. The SMILES string of the molecule is NCCCC(O)(P(=O)([O-])O)P(=O)([O-])O.[Ca+2]. The second-order valence-corrected chi connectivity index (χ2v) is 6.62. The second kappa shape index (κ2) is 6.42. The van der Waals surface area contributed by atoms with Gasteiger partial charge in [-0.1, -0.05) is 0 Å². The molecular weight excluding hydrogens is 276 g/mol. The molecule has 0 aromatic heterocycles. The maximum Gasteiger partial charge on any atom is 2.00 e. The summed E-state index contributed by atoms with van der Waals surface area (Å²) in [4.78, 5) is 38.1. The van der Waals surface area contributed by atoms with Crippen molar-refractivity contribution in [1.82, 2.24) is 0 Å². The Morgan fingerprint density at radius 1 is 1.20 bits per heavy atom. The Kier molecular flexibility index (Phi) is 8.06. The second-order valence-electron chi connectivity index (χ2n) is 2.71. The van der Waals surface area contributed by atoms with E-state index in [-0.39, 0.29) is 50.7 Å². The van der Waals surface area contributed by atoms with E-state index < -0.39 is 26.7 Å². The van der Waals surface area contributed by atoms with E-state index in [4.69, 9.17) is 20.6 Å². The Morgan fingerprint density at radius 2 is 1.53 bits per heavy atom. The molecule has 0 aromatic carbocycles. The Labute approximate surface area is 116 Å². The molecule has 0 aromatic rings. The quantitative estimate of drug-likeness (QED) is 0.308. The molecule has 86 valence electrons. The molecule has 0 bridgehead atoms. The average Bonchev–Trinajstić information content (AvgIpc) is 1.95. The van der Waals surface area contributed by atoms with E-state index in [2.05, 4.69) is 0 Å². The van der Waals surface area contributed by atoms with Crippen LogP contribution in [0, 0.1) is 0 Å². The maximum atomic E-state index is 10.6. The van der Waals surface area contributed by atoms with Gasteiger partial charge in [0.25, 0.3) is 0 Å². The van der Waals surface area contributed by atoms with Crippen LogP contribution in [0.4, 0.5) is 0 Å². The van der Waals surface area contributed by atoms with E-state index in [9.17, 15) is 18.9 Å². The third-order valence-electron chi connectivity index (χ3n) is 1.62. The molecule has 2 atom stereocenters. The van der Waals surface area contributed by atoms with Crippen LogP contribution >= 0.6 is 15.2 Å². The van der Waals surface area contributed by atoms with E-state index in [1.807, 2.05) is 0 Å². The Hall–Kier alpha value is 1.48. The number of hydrogen-bond acceptors (Lipinski definition) is 6. The minimum atomic E-state index is -5.61. The fraction of sp³-hybridized carbons (Fsp3) is 1.00. The van der Waals surface area contributed by atoms with Crippen LogP contribution in [0.1, 0.15) is 12.8 Å². The van der Waals surface area contributed by atoms with Gasteiger partial charge in [0.05, 0.1) is 0 Å². The summed E-state index contributed by atoms with van der Waals surface area (Å²) in [7, 11) is -11.2. The van der Waals surface area contributed by atoms with Gasteiger partial charge in [0.15, 0.2) is 20.3 Å². The van der Waals surface area contributed by atoms with Crippen molar-refractivity contribution >= 4 is 52.9 Å². The molecule has 0 aliphatic rings. The Bertz CT molecular complexity index is 263. The zero-order valence-electron chi connectivity index (χ0n) is 7.77. The van der Waals surface area contributed by atoms with Crippen molar-refractivity contribution in [3.8, 4) is 0 Å². The Balaban J connectivity index is 0. The van der Waals surface area contributed by atoms with E-state index >= 15 is 0 Å². The van der Waals surface area contributed by atoms with Crippen LogP contribution in [0.3, 0.4) is 0 Å². The molecule has 0 saturated heterocycles. The molecule has 0 fully saturated rings. The van der Waals surface area contributed by atoms with Crippen molar-refractivity contribution in [3.05, 3.63) is 0 Å². The molecule has 0 spiro atoms. The van der Waals surface area contributed by atoms with E-state index in [0.29, 0.717) is 0 Å². The van der Waals surface area contributed by atoms with Gasteiger partial charge in [0, 0.05) is 0 Å². The van der Waals surface area contributed by atoms with Gasteiger partial charge in [-0.15, -0.1) is 0 Å². The third-order valence-corrected chi connectivity index (χ3v) is 5.40. The average molecular weight is 287 g/mol. The molecule has 0 aliphatic heterocycles. The van der Waals surface area contributed by atoms with Crippen LogP contribution in [0.5, 0.6) is 0 Å². The molecule has 0 aliphatic carbocycles. The zero-order valence-corrected chi connectivity index (χ0v) is 11.8. The molecule has 15 heavy (non-hydrogen) atoms. The predicted molar refractivity (Wildman–Crippen MR) is 48.6 cm³/mol. The summed E-state index contributed by atoms with van der Waals surface area (Å²) in [5.74, 6) is 0. The van der Waals surface area contributed by atoms with Gasteiger partial charge >= 0.3 is 37.7 Å².